The van der Waals surface area contributed by atoms with Gasteiger partial charge in [-0.2, -0.15) is 0 Å². The lowest BCUT2D eigenvalue weighted by Crippen LogP contribution is -2.52. The van der Waals surface area contributed by atoms with E-state index in [1.54, 1.807) is 31.4 Å². The lowest BCUT2D eigenvalue weighted by Gasteiger charge is -2.34. The van der Waals surface area contributed by atoms with E-state index in [2.05, 4.69) is 5.32 Å². The standard InChI is InChI=1S/C13H14N2O3/c1-18-10-5-3-9(4-6-10)15-11(16)13(7-2-8-13)14-12(15)17/h3-6H,2,7-8H2,1H3,(H,14,17). The molecule has 0 aromatic heterocycles. The summed E-state index contributed by atoms with van der Waals surface area (Å²) >= 11 is 0. The molecule has 3 rings (SSSR count). The Morgan fingerprint density at radius 1 is 1.22 bits per heavy atom. The molecule has 18 heavy (non-hydrogen) atoms. The summed E-state index contributed by atoms with van der Waals surface area (Å²) in [6.45, 7) is 0. The molecular weight excluding hydrogens is 232 g/mol. The van der Waals surface area contributed by atoms with Gasteiger partial charge in [0.05, 0.1) is 12.8 Å². The SMILES string of the molecule is COc1ccc(N2C(=O)NC3(CCC3)C2=O)cc1. The lowest BCUT2D eigenvalue weighted by atomic mass is 9.77. The van der Waals surface area contributed by atoms with Crippen molar-refractivity contribution in [3.8, 4) is 5.75 Å². The number of carbonyl (C=O) groups is 2. The summed E-state index contributed by atoms with van der Waals surface area (Å²) in [6, 6.07) is 6.58. The lowest BCUT2D eigenvalue weighted by molar-refractivity contribution is -0.124. The van der Waals surface area contributed by atoms with Crippen LogP contribution in [0.25, 0.3) is 0 Å². The molecule has 1 aliphatic carbocycles. The molecule has 1 saturated heterocycles. The van der Waals surface area contributed by atoms with Crippen molar-refractivity contribution in [2.24, 2.45) is 0 Å². The Morgan fingerprint density at radius 3 is 2.33 bits per heavy atom. The van der Waals surface area contributed by atoms with Crippen LogP contribution in [0.1, 0.15) is 19.3 Å². The van der Waals surface area contributed by atoms with E-state index >= 15 is 0 Å². The van der Waals surface area contributed by atoms with Crippen LogP contribution in [-0.2, 0) is 4.79 Å². The number of hydrogen-bond donors (Lipinski definition) is 1. The first-order valence-corrected chi connectivity index (χ1v) is 5.97. The minimum absolute atomic E-state index is 0.135. The topological polar surface area (TPSA) is 58.6 Å². The monoisotopic (exact) mass is 246 g/mol. The number of hydrogen-bond acceptors (Lipinski definition) is 3. The van der Waals surface area contributed by atoms with Crippen LogP contribution in [0.4, 0.5) is 10.5 Å². The fourth-order valence-electron chi connectivity index (χ4n) is 2.46. The maximum Gasteiger partial charge on any atom is 0.329 e. The van der Waals surface area contributed by atoms with E-state index in [0.29, 0.717) is 11.4 Å². The summed E-state index contributed by atoms with van der Waals surface area (Å²) < 4.78 is 5.05. The van der Waals surface area contributed by atoms with Gasteiger partial charge in [-0.3, -0.25) is 4.79 Å². The number of ether oxygens (including phenoxy) is 1. The number of methoxy groups -OCH3 is 1. The van der Waals surface area contributed by atoms with Crippen LogP contribution < -0.4 is 15.0 Å². The second kappa shape index (κ2) is 3.73. The quantitative estimate of drug-likeness (QED) is 0.807. The molecule has 1 spiro atoms. The molecule has 2 fully saturated rings. The largest absolute Gasteiger partial charge is 0.497 e. The molecule has 5 nitrogen and oxygen atoms in total. The van der Waals surface area contributed by atoms with Gasteiger partial charge in [0.15, 0.2) is 0 Å². The van der Waals surface area contributed by atoms with Gasteiger partial charge in [0, 0.05) is 0 Å². The first-order chi connectivity index (χ1) is 8.66. The van der Waals surface area contributed by atoms with Gasteiger partial charge < -0.3 is 10.1 Å². The zero-order valence-electron chi connectivity index (χ0n) is 10.1. The van der Waals surface area contributed by atoms with Crippen molar-refractivity contribution >= 4 is 17.6 Å². The highest BCUT2D eigenvalue weighted by Gasteiger charge is 2.55. The maximum atomic E-state index is 12.3. The zero-order chi connectivity index (χ0) is 12.8. The Balaban J connectivity index is 1.91. The van der Waals surface area contributed by atoms with Crippen LogP contribution in [0, 0.1) is 0 Å². The minimum atomic E-state index is -0.628. The van der Waals surface area contributed by atoms with Gasteiger partial charge in [-0.25, -0.2) is 9.69 Å². The van der Waals surface area contributed by atoms with Crippen LogP contribution in [-0.4, -0.2) is 24.6 Å². The second-order valence-electron chi connectivity index (χ2n) is 4.70. The van der Waals surface area contributed by atoms with E-state index in [4.69, 9.17) is 4.74 Å². The predicted octanol–water partition coefficient (Wildman–Crippen LogP) is 1.67. The van der Waals surface area contributed by atoms with Crippen LogP contribution in [0.3, 0.4) is 0 Å². The van der Waals surface area contributed by atoms with E-state index in [-0.39, 0.29) is 11.9 Å². The Kier molecular flexibility index (Phi) is 2.29. The molecule has 2 aliphatic rings. The third-order valence-electron chi connectivity index (χ3n) is 3.70. The number of urea groups is 1. The third kappa shape index (κ3) is 1.40. The number of amides is 3. The van der Waals surface area contributed by atoms with Crippen molar-refractivity contribution in [3.05, 3.63) is 24.3 Å². The van der Waals surface area contributed by atoms with Crippen molar-refractivity contribution in [1.82, 2.24) is 5.32 Å². The van der Waals surface area contributed by atoms with Gasteiger partial charge in [0.25, 0.3) is 5.91 Å². The average Bonchev–Trinajstić information content (AvgIpc) is 2.61. The molecule has 1 N–H and O–H groups in total. The number of imide groups is 1. The van der Waals surface area contributed by atoms with Crippen LogP contribution in [0.5, 0.6) is 5.75 Å². The average molecular weight is 246 g/mol. The van der Waals surface area contributed by atoms with E-state index in [0.717, 1.165) is 19.3 Å². The second-order valence-corrected chi connectivity index (χ2v) is 4.70. The molecule has 94 valence electrons. The molecule has 1 aliphatic heterocycles. The van der Waals surface area contributed by atoms with E-state index < -0.39 is 5.54 Å². The summed E-state index contributed by atoms with van der Waals surface area (Å²) in [6.07, 6.45) is 2.47. The Bertz CT molecular complexity index is 505. The molecular formula is C13H14N2O3. The number of carbonyl (C=O) groups excluding carboxylic acids is 2. The third-order valence-corrected chi connectivity index (χ3v) is 3.70. The predicted molar refractivity (Wildman–Crippen MR) is 65.6 cm³/mol. The van der Waals surface area contributed by atoms with Gasteiger partial charge in [0.1, 0.15) is 11.3 Å². The smallest absolute Gasteiger partial charge is 0.329 e. The first-order valence-electron chi connectivity index (χ1n) is 5.97. The number of nitrogens with zero attached hydrogens (tertiary/aromatic N) is 1. The van der Waals surface area contributed by atoms with Gasteiger partial charge in [0.2, 0.25) is 0 Å². The van der Waals surface area contributed by atoms with Gasteiger partial charge in [-0.1, -0.05) is 0 Å². The molecule has 0 unspecified atom stereocenters. The fourth-order valence-corrected chi connectivity index (χ4v) is 2.46. The number of rotatable bonds is 2. The normalized spacial score (nSPS) is 20.8. The number of anilines is 1. The summed E-state index contributed by atoms with van der Waals surface area (Å²) in [5.41, 5.74) is -0.0427. The molecule has 1 heterocycles. The zero-order valence-corrected chi connectivity index (χ0v) is 10.1. The number of nitrogens with one attached hydrogen (secondary N) is 1. The molecule has 1 saturated carbocycles. The minimum Gasteiger partial charge on any atom is -0.497 e. The molecule has 1 aromatic rings. The first kappa shape index (κ1) is 11.1. The summed E-state index contributed by atoms with van der Waals surface area (Å²) in [5.74, 6) is 0.563. The number of benzene rings is 1. The van der Waals surface area contributed by atoms with Gasteiger partial charge in [-0.15, -0.1) is 0 Å². The van der Waals surface area contributed by atoms with Crippen LogP contribution in [0.15, 0.2) is 24.3 Å². The van der Waals surface area contributed by atoms with Gasteiger partial charge in [-0.05, 0) is 43.5 Å². The van der Waals surface area contributed by atoms with Crippen LogP contribution >= 0.6 is 0 Å². The van der Waals surface area contributed by atoms with Crippen molar-refractivity contribution in [3.63, 3.8) is 0 Å². The van der Waals surface area contributed by atoms with Crippen molar-refractivity contribution < 1.29 is 14.3 Å². The molecule has 5 heteroatoms. The Morgan fingerprint density at radius 2 is 1.89 bits per heavy atom. The molecule has 0 radical (unpaired) electrons. The highest BCUT2D eigenvalue weighted by molar-refractivity contribution is 6.23. The summed E-state index contributed by atoms with van der Waals surface area (Å²) in [4.78, 5) is 25.4. The van der Waals surface area contributed by atoms with Crippen molar-refractivity contribution in [2.45, 2.75) is 24.8 Å². The van der Waals surface area contributed by atoms with E-state index in [9.17, 15) is 9.59 Å². The van der Waals surface area contributed by atoms with E-state index in [1.165, 1.54) is 4.90 Å². The van der Waals surface area contributed by atoms with Crippen LogP contribution in [0.2, 0.25) is 0 Å². The Hall–Kier alpha value is -2.04. The maximum absolute atomic E-state index is 12.3. The molecule has 1 aromatic carbocycles. The molecule has 0 atom stereocenters. The summed E-state index contributed by atoms with van der Waals surface area (Å²) in [5, 5.41) is 2.80. The Labute approximate surface area is 105 Å². The van der Waals surface area contributed by atoms with Gasteiger partial charge >= 0.3 is 6.03 Å². The van der Waals surface area contributed by atoms with Crippen molar-refractivity contribution in [2.75, 3.05) is 12.0 Å². The highest BCUT2D eigenvalue weighted by Crippen LogP contribution is 2.39. The van der Waals surface area contributed by atoms with E-state index in [1.807, 2.05) is 0 Å². The molecule has 3 amide bonds. The molecule has 0 bridgehead atoms. The van der Waals surface area contributed by atoms with Crippen molar-refractivity contribution in [1.29, 1.82) is 0 Å². The summed E-state index contributed by atoms with van der Waals surface area (Å²) in [7, 11) is 1.58. The highest BCUT2D eigenvalue weighted by atomic mass is 16.5. The fraction of sp³-hybridized carbons (Fsp3) is 0.385.